The van der Waals surface area contributed by atoms with Crippen LogP contribution in [0.25, 0.3) is 39.8 Å². The number of hydrogen-bond donors (Lipinski definition) is 6. The Morgan fingerprint density at radius 3 is 2.33 bits per heavy atom. The van der Waals surface area contributed by atoms with Crippen LogP contribution in [0.4, 0.5) is 0 Å². The quantitative estimate of drug-likeness (QED) is 0.105. The molecule has 3 aliphatic heterocycles. The van der Waals surface area contributed by atoms with E-state index in [0.29, 0.717) is 0 Å². The summed E-state index contributed by atoms with van der Waals surface area (Å²) in [7, 11) is 0. The summed E-state index contributed by atoms with van der Waals surface area (Å²) in [6.45, 7) is 16.9. The summed E-state index contributed by atoms with van der Waals surface area (Å²) < 4.78 is 5.63. The van der Waals surface area contributed by atoms with E-state index in [2.05, 4.69) is 82.4 Å². The lowest BCUT2D eigenvalue weighted by Gasteiger charge is -2.39. The van der Waals surface area contributed by atoms with Crippen molar-refractivity contribution in [3.8, 4) is 0 Å². The molecule has 6 N–H and O–H groups in total. The zero-order valence-electron chi connectivity index (χ0n) is 31.2. The zero-order valence-corrected chi connectivity index (χ0v) is 32.8. The molecule has 0 amide bonds. The average molecular weight is 747 g/mol. The highest BCUT2D eigenvalue weighted by molar-refractivity contribution is 8.00. The number of fused-ring (bicyclic) bond motifs is 8. The van der Waals surface area contributed by atoms with E-state index in [-0.39, 0.29) is 11.8 Å². The zero-order chi connectivity index (χ0) is 37.3. The third-order valence-electron chi connectivity index (χ3n) is 11.0. The summed E-state index contributed by atoms with van der Waals surface area (Å²) in [6, 6.07) is 6.64. The molecule has 0 radical (unpaired) electrons. The molecule has 0 spiro atoms. The molecule has 0 unspecified atom stereocenters. The number of aryl methyl sites for hydroxylation is 3. The van der Waals surface area contributed by atoms with E-state index in [9.17, 15) is 20.4 Å². The third kappa shape index (κ3) is 7.69. The Balaban J connectivity index is 1.23. The van der Waals surface area contributed by atoms with Gasteiger partial charge in [-0.15, -0.1) is 11.8 Å². The van der Waals surface area contributed by atoms with E-state index in [1.165, 1.54) is 22.9 Å². The fourth-order valence-corrected chi connectivity index (χ4v) is 9.99. The normalized spacial score (nSPS) is 24.7. The van der Waals surface area contributed by atoms with E-state index < -0.39 is 36.5 Å². The second-order valence-corrected chi connectivity index (χ2v) is 16.8. The highest BCUT2D eigenvalue weighted by atomic mass is 32.2. The minimum absolute atomic E-state index is 0.241. The van der Waals surface area contributed by atoms with Crippen LogP contribution >= 0.6 is 23.5 Å². The fourth-order valence-electron chi connectivity index (χ4n) is 7.76. The molecule has 280 valence electrons. The first kappa shape index (κ1) is 38.8. The maximum atomic E-state index is 10.3. The number of thioether (sulfide) groups is 2. The smallest absolute Gasteiger partial charge is 0.132 e. The van der Waals surface area contributed by atoms with Gasteiger partial charge in [0.1, 0.15) is 29.9 Å². The largest absolute Gasteiger partial charge is 0.394 e. The van der Waals surface area contributed by atoms with Crippen LogP contribution in [0, 0.1) is 20.8 Å². The fraction of sp³-hybridized carbons (Fsp3) is 0.512. The van der Waals surface area contributed by atoms with Crippen LogP contribution in [-0.4, -0.2) is 94.1 Å². The molecule has 1 saturated heterocycles. The van der Waals surface area contributed by atoms with Crippen LogP contribution < -0.4 is 0 Å². The van der Waals surface area contributed by atoms with Gasteiger partial charge in [-0.05, 0) is 123 Å². The molecule has 0 aromatic carbocycles. The predicted octanol–water partition coefficient (Wildman–Crippen LogP) is 7.33. The molecular weight excluding hydrogens is 693 g/mol. The number of aromatic amines is 2. The number of ether oxygens (including phenoxy) is 1. The lowest BCUT2D eigenvalue weighted by Crippen LogP contribution is -2.57. The van der Waals surface area contributed by atoms with Gasteiger partial charge in [-0.2, -0.15) is 11.8 Å². The van der Waals surface area contributed by atoms with E-state index in [4.69, 9.17) is 14.7 Å². The first-order chi connectivity index (χ1) is 25.0. The second kappa shape index (κ2) is 16.6. The van der Waals surface area contributed by atoms with Crippen molar-refractivity contribution in [2.75, 3.05) is 23.9 Å². The lowest BCUT2D eigenvalue weighted by molar-refractivity contribution is -0.205. The van der Waals surface area contributed by atoms with Crippen LogP contribution in [0.5, 0.6) is 0 Å². The Morgan fingerprint density at radius 2 is 1.60 bits per heavy atom. The minimum atomic E-state index is -1.33. The van der Waals surface area contributed by atoms with Gasteiger partial charge in [-0.1, -0.05) is 26.5 Å². The Morgan fingerprint density at radius 1 is 0.865 bits per heavy atom. The number of aromatic nitrogens is 4. The number of nitrogens with zero attached hydrogens (tertiary/aromatic N) is 2. The number of rotatable bonds is 12. The average Bonchev–Trinajstić information content (AvgIpc) is 3.83. The Bertz CT molecular complexity index is 1980. The summed E-state index contributed by atoms with van der Waals surface area (Å²) in [4.78, 5) is 17.9. The topological polar surface area (TPSA) is 148 Å². The first-order valence-electron chi connectivity index (χ1n) is 18.5. The van der Waals surface area contributed by atoms with Gasteiger partial charge in [0.15, 0.2) is 0 Å². The summed E-state index contributed by atoms with van der Waals surface area (Å²) in [6.07, 6.45) is 3.35. The van der Waals surface area contributed by atoms with Crippen LogP contribution in [0.1, 0.15) is 102 Å². The van der Waals surface area contributed by atoms with Crippen LogP contribution in [0.15, 0.2) is 24.8 Å². The van der Waals surface area contributed by atoms with Crippen molar-refractivity contribution in [1.82, 2.24) is 19.9 Å². The summed E-state index contributed by atoms with van der Waals surface area (Å²) in [5.41, 5.74) is 14.9. The number of H-pyrrole nitrogens is 2. The molecule has 0 saturated carbocycles. The molecule has 8 bridgehead atoms. The molecular formula is C41H54N4O5S2. The van der Waals surface area contributed by atoms with Gasteiger partial charge in [-0.3, -0.25) is 4.98 Å². The molecule has 1 fully saturated rings. The van der Waals surface area contributed by atoms with Crippen LogP contribution in [-0.2, 0) is 11.2 Å². The van der Waals surface area contributed by atoms with Crippen molar-refractivity contribution in [1.29, 1.82) is 0 Å². The molecule has 3 aromatic heterocycles. The van der Waals surface area contributed by atoms with Crippen molar-refractivity contribution < 1.29 is 25.2 Å². The molecule has 3 aliphatic rings. The summed E-state index contributed by atoms with van der Waals surface area (Å²) in [5, 5.41) is 39.9. The molecule has 0 aliphatic carbocycles. The number of aliphatic hydroxyl groups is 4. The number of allylic oxidation sites excluding steroid dienone is 1. The Labute approximate surface area is 315 Å². The van der Waals surface area contributed by atoms with Gasteiger partial charge >= 0.3 is 0 Å². The molecule has 6 rings (SSSR count). The van der Waals surface area contributed by atoms with Gasteiger partial charge in [-0.25, -0.2) is 4.98 Å². The van der Waals surface area contributed by atoms with Crippen LogP contribution in [0.3, 0.4) is 0 Å². The number of nitrogens with one attached hydrogen (secondary N) is 2. The lowest BCUT2D eigenvalue weighted by atomic mass is 9.86. The minimum Gasteiger partial charge on any atom is -0.394 e. The molecule has 7 atom stereocenters. The SMILES string of the molecule is C=Cc1c(C)c2cc3nc(c(C)c4nc(cc5[nH]c(cc1[nH]2)c(C)c5CC)C(C)=C4)[C@@H](CCCSCCCS[C@@H]1O[C@H](CO)[C@@H](O)[C@H](O)[C@H]1O)[C@@H]3C. The van der Waals surface area contributed by atoms with Crippen molar-refractivity contribution in [2.24, 2.45) is 0 Å². The highest BCUT2D eigenvalue weighted by Gasteiger charge is 2.43. The van der Waals surface area contributed by atoms with Gasteiger partial charge < -0.3 is 35.1 Å². The Kier molecular flexibility index (Phi) is 12.4. The Hall–Kier alpha value is -2.90. The molecule has 52 heavy (non-hydrogen) atoms. The molecule has 9 nitrogen and oxygen atoms in total. The van der Waals surface area contributed by atoms with Gasteiger partial charge in [0, 0.05) is 50.9 Å². The third-order valence-corrected chi connectivity index (χ3v) is 13.4. The van der Waals surface area contributed by atoms with Gasteiger partial charge in [0.25, 0.3) is 0 Å². The summed E-state index contributed by atoms with van der Waals surface area (Å²) in [5.74, 6) is 3.26. The van der Waals surface area contributed by atoms with Crippen molar-refractivity contribution in [3.63, 3.8) is 0 Å². The molecule has 11 heteroatoms. The van der Waals surface area contributed by atoms with Crippen molar-refractivity contribution >= 4 is 63.3 Å². The highest BCUT2D eigenvalue weighted by Crippen LogP contribution is 2.42. The molecule has 3 aromatic rings. The van der Waals surface area contributed by atoms with E-state index in [1.807, 2.05) is 17.8 Å². The van der Waals surface area contributed by atoms with E-state index in [1.54, 1.807) is 0 Å². The predicted molar refractivity (Wildman–Crippen MR) is 217 cm³/mol. The van der Waals surface area contributed by atoms with E-state index in [0.717, 1.165) is 110 Å². The summed E-state index contributed by atoms with van der Waals surface area (Å²) >= 11 is 3.34. The maximum Gasteiger partial charge on any atom is 0.132 e. The van der Waals surface area contributed by atoms with Crippen molar-refractivity contribution in [2.45, 2.75) is 109 Å². The number of aliphatic hydroxyl groups excluding tert-OH is 4. The van der Waals surface area contributed by atoms with Crippen LogP contribution in [0.2, 0.25) is 0 Å². The monoisotopic (exact) mass is 746 g/mol. The van der Waals surface area contributed by atoms with Gasteiger partial charge in [0.2, 0.25) is 0 Å². The first-order valence-corrected chi connectivity index (χ1v) is 20.7. The van der Waals surface area contributed by atoms with Crippen molar-refractivity contribution in [3.05, 3.63) is 75.4 Å². The maximum absolute atomic E-state index is 10.3. The standard InChI is InChI=1S/C41H54N4O5S2/c1-8-26-23(5)32-19-35-27(9-2)22(4)31(43-35)18-33-24(6)28(37(45-33)25(7)30-16-21(3)29(42-30)17-34(26)44-32)12-10-13-51-14-11-15-52-41-40(49)39(48)38(47)36(20-46)50-41/h9,16-19,24,28,36,38-41,43-44,46-49H,2,8,10-15,20H2,1,3-7H3/t24-,28-,36+,38+,39-,40+,41-/m0/s1. The second-order valence-electron chi connectivity index (χ2n) is 14.4. The van der Waals surface area contributed by atoms with Gasteiger partial charge in [0.05, 0.1) is 18.0 Å². The number of hydrogen-bond acceptors (Lipinski definition) is 9. The van der Waals surface area contributed by atoms with E-state index >= 15 is 0 Å². The molecule has 6 heterocycles.